The molecule has 0 saturated heterocycles. The number of ether oxygens (including phenoxy) is 3. The highest BCUT2D eigenvalue weighted by Gasteiger charge is 2.38. The van der Waals surface area contributed by atoms with Gasteiger partial charge in [-0.15, -0.1) is 10.2 Å². The molecule has 2 aromatic carbocycles. The molecule has 1 aliphatic heterocycles. The van der Waals surface area contributed by atoms with Crippen LogP contribution in [0.5, 0.6) is 11.5 Å². The minimum atomic E-state index is -0.695. The largest absolute Gasteiger partial charge is 0.497 e. The van der Waals surface area contributed by atoms with Gasteiger partial charge in [0, 0.05) is 12.4 Å². The average molecular weight is 458 g/mol. The van der Waals surface area contributed by atoms with Crippen LogP contribution < -0.4 is 15.2 Å². The molecule has 3 aromatic rings. The van der Waals surface area contributed by atoms with E-state index in [1.54, 1.807) is 24.9 Å². The molecule has 2 unspecified atom stereocenters. The molecule has 0 bridgehead atoms. The Morgan fingerprint density at radius 1 is 1.13 bits per heavy atom. The number of benzene rings is 2. The van der Waals surface area contributed by atoms with E-state index >= 15 is 0 Å². The number of carbonyl (C=O) groups is 1. The van der Waals surface area contributed by atoms with Crippen molar-refractivity contribution in [1.29, 1.82) is 0 Å². The van der Waals surface area contributed by atoms with Crippen LogP contribution in [0.2, 0.25) is 0 Å². The number of hydrogen-bond donors (Lipinski definition) is 1. The van der Waals surface area contributed by atoms with Crippen molar-refractivity contribution in [3.8, 4) is 11.5 Å². The SMILES string of the molecule is COc1ccc(C2Oc3ccccc3C(=O)C2OCCCCSc2nnc(N)s2)cc1. The van der Waals surface area contributed by atoms with E-state index in [0.717, 1.165) is 34.2 Å². The van der Waals surface area contributed by atoms with E-state index in [9.17, 15) is 4.79 Å². The maximum atomic E-state index is 13.2. The summed E-state index contributed by atoms with van der Waals surface area (Å²) < 4.78 is 18.4. The number of unbranched alkanes of at least 4 members (excludes halogenated alkanes) is 1. The zero-order valence-corrected chi connectivity index (χ0v) is 18.7. The first kappa shape index (κ1) is 21.6. The molecule has 0 radical (unpaired) electrons. The minimum absolute atomic E-state index is 0.0543. The van der Waals surface area contributed by atoms with Crippen molar-refractivity contribution in [1.82, 2.24) is 10.2 Å². The third-order valence-corrected chi connectivity index (χ3v) is 6.84. The number of nitrogens with two attached hydrogens (primary N) is 1. The summed E-state index contributed by atoms with van der Waals surface area (Å²) in [5.74, 6) is 2.17. The summed E-state index contributed by atoms with van der Waals surface area (Å²) in [4.78, 5) is 13.2. The first-order valence-electron chi connectivity index (χ1n) is 9.93. The van der Waals surface area contributed by atoms with Crippen LogP contribution in [0.25, 0.3) is 0 Å². The van der Waals surface area contributed by atoms with Crippen LogP contribution in [0, 0.1) is 0 Å². The van der Waals surface area contributed by atoms with Gasteiger partial charge in [0.1, 0.15) is 11.5 Å². The summed E-state index contributed by atoms with van der Waals surface area (Å²) in [5.41, 5.74) is 7.03. The predicted molar refractivity (Wildman–Crippen MR) is 121 cm³/mol. The molecular formula is C22H23N3O4S2. The van der Waals surface area contributed by atoms with Crippen LogP contribution in [0.15, 0.2) is 52.9 Å². The van der Waals surface area contributed by atoms with E-state index in [1.807, 2.05) is 42.5 Å². The van der Waals surface area contributed by atoms with Gasteiger partial charge in [0.25, 0.3) is 0 Å². The topological polar surface area (TPSA) is 96.6 Å². The summed E-state index contributed by atoms with van der Waals surface area (Å²) >= 11 is 3.01. The fourth-order valence-corrected chi connectivity index (χ4v) is 5.02. The van der Waals surface area contributed by atoms with Crippen molar-refractivity contribution in [3.05, 3.63) is 59.7 Å². The van der Waals surface area contributed by atoms with Crippen LogP contribution in [-0.2, 0) is 4.74 Å². The lowest BCUT2D eigenvalue weighted by molar-refractivity contribution is -0.0225. The highest BCUT2D eigenvalue weighted by atomic mass is 32.2. The Bertz CT molecular complexity index is 1030. The Balaban J connectivity index is 1.39. The number of anilines is 1. The van der Waals surface area contributed by atoms with Crippen molar-refractivity contribution in [2.24, 2.45) is 0 Å². The number of aromatic nitrogens is 2. The van der Waals surface area contributed by atoms with Crippen LogP contribution >= 0.6 is 23.1 Å². The number of nitrogen functional groups attached to an aromatic ring is 1. The Labute approximate surface area is 188 Å². The number of hydrogen-bond acceptors (Lipinski definition) is 9. The van der Waals surface area contributed by atoms with Gasteiger partial charge in [0.15, 0.2) is 22.3 Å². The number of fused-ring (bicyclic) bond motifs is 1. The smallest absolute Gasteiger partial charge is 0.203 e. The van der Waals surface area contributed by atoms with Crippen molar-refractivity contribution >= 4 is 34.0 Å². The average Bonchev–Trinajstić information content (AvgIpc) is 3.22. The van der Waals surface area contributed by atoms with Gasteiger partial charge in [-0.1, -0.05) is 47.4 Å². The second-order valence-corrected chi connectivity index (χ2v) is 9.28. The standard InChI is InChI=1S/C22H23N3O4S2/c1-27-15-10-8-14(9-11-15)19-20(18(26)16-6-2-3-7-17(16)29-19)28-12-4-5-13-30-22-25-24-21(23)31-22/h2-3,6-11,19-20H,4-5,12-13H2,1H3,(H2,23,24). The fraction of sp³-hybridized carbons (Fsp3) is 0.318. The van der Waals surface area contributed by atoms with Crippen molar-refractivity contribution in [2.75, 3.05) is 25.2 Å². The third-order valence-electron chi connectivity index (χ3n) is 4.87. The van der Waals surface area contributed by atoms with E-state index in [0.29, 0.717) is 23.1 Å². The van der Waals surface area contributed by atoms with Crippen LogP contribution in [0.1, 0.15) is 34.9 Å². The first-order valence-corrected chi connectivity index (χ1v) is 11.7. The number of methoxy groups -OCH3 is 1. The highest BCUT2D eigenvalue weighted by molar-refractivity contribution is 8.01. The minimum Gasteiger partial charge on any atom is -0.497 e. The molecule has 0 saturated carbocycles. The zero-order valence-electron chi connectivity index (χ0n) is 17.0. The predicted octanol–water partition coefficient (Wildman–Crippen LogP) is 4.40. The van der Waals surface area contributed by atoms with Crippen molar-refractivity contribution in [2.45, 2.75) is 29.4 Å². The van der Waals surface area contributed by atoms with Gasteiger partial charge in [0.05, 0.1) is 12.7 Å². The monoisotopic (exact) mass is 457 g/mol. The van der Waals surface area contributed by atoms with Gasteiger partial charge in [-0.25, -0.2) is 0 Å². The van der Waals surface area contributed by atoms with E-state index < -0.39 is 12.2 Å². The Morgan fingerprint density at radius 3 is 2.68 bits per heavy atom. The number of rotatable bonds is 9. The molecule has 1 aliphatic rings. The summed E-state index contributed by atoms with van der Waals surface area (Å²) in [6.07, 6.45) is 0.545. The lowest BCUT2D eigenvalue weighted by atomic mass is 9.93. The fourth-order valence-electron chi connectivity index (χ4n) is 3.31. The molecule has 1 aromatic heterocycles. The number of thioether (sulfide) groups is 1. The Hall–Kier alpha value is -2.62. The molecular weight excluding hydrogens is 434 g/mol. The van der Waals surface area contributed by atoms with Gasteiger partial charge < -0.3 is 19.9 Å². The normalized spacial score (nSPS) is 17.8. The molecule has 2 N–H and O–H groups in total. The van der Waals surface area contributed by atoms with E-state index in [2.05, 4.69) is 10.2 Å². The number of nitrogens with zero attached hydrogens (tertiary/aromatic N) is 2. The van der Waals surface area contributed by atoms with Gasteiger partial charge in [-0.05, 0) is 42.7 Å². The van der Waals surface area contributed by atoms with E-state index in [-0.39, 0.29) is 5.78 Å². The van der Waals surface area contributed by atoms with Crippen molar-refractivity contribution < 1.29 is 19.0 Å². The third kappa shape index (κ3) is 5.17. The summed E-state index contributed by atoms with van der Waals surface area (Å²) in [5, 5.41) is 8.29. The molecule has 7 nitrogen and oxygen atoms in total. The molecule has 31 heavy (non-hydrogen) atoms. The lowest BCUT2D eigenvalue weighted by Gasteiger charge is -2.32. The molecule has 4 rings (SSSR count). The van der Waals surface area contributed by atoms with Crippen molar-refractivity contribution in [3.63, 3.8) is 0 Å². The summed E-state index contributed by atoms with van der Waals surface area (Å²) in [7, 11) is 1.62. The van der Waals surface area contributed by atoms with Crippen LogP contribution in [0.4, 0.5) is 5.13 Å². The molecule has 9 heteroatoms. The van der Waals surface area contributed by atoms with Gasteiger partial charge in [0.2, 0.25) is 5.13 Å². The molecule has 0 aliphatic carbocycles. The molecule has 2 heterocycles. The maximum Gasteiger partial charge on any atom is 0.203 e. The zero-order chi connectivity index (χ0) is 21.6. The second kappa shape index (κ2) is 10.1. The molecule has 0 spiro atoms. The van der Waals surface area contributed by atoms with E-state index in [4.69, 9.17) is 19.9 Å². The quantitative estimate of drug-likeness (QED) is 0.373. The maximum absolute atomic E-state index is 13.2. The van der Waals surface area contributed by atoms with Crippen LogP contribution in [0.3, 0.4) is 0 Å². The summed E-state index contributed by atoms with van der Waals surface area (Å²) in [6, 6.07) is 14.8. The van der Waals surface area contributed by atoms with Gasteiger partial charge in [-0.3, -0.25) is 4.79 Å². The Morgan fingerprint density at radius 2 is 1.94 bits per heavy atom. The van der Waals surface area contributed by atoms with E-state index in [1.165, 1.54) is 11.3 Å². The number of Topliss-reactive ketones (excluding diaryl/α,β-unsaturated/α-hetero) is 1. The number of carbonyl (C=O) groups excluding carboxylic acids is 1. The van der Waals surface area contributed by atoms with Gasteiger partial charge >= 0.3 is 0 Å². The molecule has 162 valence electrons. The second-order valence-electron chi connectivity index (χ2n) is 6.93. The summed E-state index contributed by atoms with van der Waals surface area (Å²) in [6.45, 7) is 0.466. The lowest BCUT2D eigenvalue weighted by Crippen LogP contribution is -2.38. The molecule has 2 atom stereocenters. The Kier molecular flexibility index (Phi) is 7.06. The highest BCUT2D eigenvalue weighted by Crippen LogP contribution is 2.37. The molecule has 0 amide bonds. The van der Waals surface area contributed by atoms with Crippen LogP contribution in [-0.4, -0.2) is 41.6 Å². The number of ketones is 1. The van der Waals surface area contributed by atoms with Gasteiger partial charge in [-0.2, -0.15) is 0 Å². The first-order chi connectivity index (χ1) is 15.2. The number of para-hydroxylation sites is 1. The molecule has 0 fully saturated rings.